The molecule has 0 aromatic carbocycles. The van der Waals surface area contributed by atoms with Gasteiger partial charge in [-0.1, -0.05) is 20.8 Å². The first-order valence-electron chi connectivity index (χ1n) is 7.50. The zero-order valence-corrected chi connectivity index (χ0v) is 14.1. The Morgan fingerprint density at radius 1 is 1.05 bits per heavy atom. The van der Waals surface area contributed by atoms with Crippen LogP contribution >= 0.6 is 0 Å². The maximum atomic E-state index is 4.65. The predicted molar refractivity (Wildman–Crippen MR) is 84.9 cm³/mol. The molecule has 1 atom stereocenters. The highest BCUT2D eigenvalue weighted by Crippen LogP contribution is 2.15. The summed E-state index contributed by atoms with van der Waals surface area (Å²) in [4.78, 5) is 11.4. The number of rotatable bonds is 7. The van der Waals surface area contributed by atoms with Gasteiger partial charge in [0.15, 0.2) is 0 Å². The molecule has 0 fully saturated rings. The average molecular weight is 278 g/mol. The van der Waals surface area contributed by atoms with Gasteiger partial charge in [0.2, 0.25) is 0 Å². The van der Waals surface area contributed by atoms with Gasteiger partial charge in [-0.3, -0.25) is 0 Å². The summed E-state index contributed by atoms with van der Waals surface area (Å²) in [6.45, 7) is 12.7. The molecule has 0 aliphatic heterocycles. The van der Waals surface area contributed by atoms with Gasteiger partial charge in [0, 0.05) is 17.4 Å². The van der Waals surface area contributed by atoms with Gasteiger partial charge in [-0.2, -0.15) is 0 Å². The Bertz CT molecular complexity index is 403. The molecule has 0 saturated heterocycles. The molecule has 1 aromatic rings. The van der Waals surface area contributed by atoms with Crippen LogP contribution in [-0.2, 0) is 13.0 Å². The number of hydrogen-bond acceptors (Lipinski definition) is 4. The number of nitrogens with one attached hydrogen (secondary N) is 1. The van der Waals surface area contributed by atoms with Crippen molar-refractivity contribution < 1.29 is 0 Å². The molecule has 1 heterocycles. The summed E-state index contributed by atoms with van der Waals surface area (Å²) in [7, 11) is 4.09. The van der Waals surface area contributed by atoms with Crippen molar-refractivity contribution in [3.8, 4) is 0 Å². The second-order valence-electron chi connectivity index (χ2n) is 6.40. The van der Waals surface area contributed by atoms with Crippen LogP contribution in [-0.4, -0.2) is 41.5 Å². The van der Waals surface area contributed by atoms with E-state index >= 15 is 0 Å². The van der Waals surface area contributed by atoms with Gasteiger partial charge in [0.05, 0.1) is 6.54 Å². The van der Waals surface area contributed by atoms with Crippen LogP contribution in [0.2, 0.25) is 0 Å². The Kier molecular flexibility index (Phi) is 6.56. The second kappa shape index (κ2) is 7.70. The van der Waals surface area contributed by atoms with Gasteiger partial charge in [-0.25, -0.2) is 9.97 Å². The lowest BCUT2D eigenvalue weighted by Gasteiger charge is -2.18. The van der Waals surface area contributed by atoms with Gasteiger partial charge < -0.3 is 10.2 Å². The molecule has 0 spiro atoms. The van der Waals surface area contributed by atoms with Gasteiger partial charge in [0.25, 0.3) is 0 Å². The lowest BCUT2D eigenvalue weighted by atomic mass is 9.98. The molecule has 0 bridgehead atoms. The SMILES string of the molecule is Cc1nc(CN(C)C)nc(C)c1CC(C)CNC(C)C. The number of hydrogen-bond donors (Lipinski definition) is 1. The average Bonchev–Trinajstić information content (AvgIpc) is 2.30. The quantitative estimate of drug-likeness (QED) is 0.831. The van der Waals surface area contributed by atoms with Crippen LogP contribution < -0.4 is 5.32 Å². The van der Waals surface area contributed by atoms with Crippen LogP contribution in [0.5, 0.6) is 0 Å². The van der Waals surface area contributed by atoms with Gasteiger partial charge in [-0.05, 0) is 52.4 Å². The largest absolute Gasteiger partial charge is 0.314 e. The molecule has 0 aliphatic carbocycles. The molecule has 20 heavy (non-hydrogen) atoms. The minimum Gasteiger partial charge on any atom is -0.314 e. The monoisotopic (exact) mass is 278 g/mol. The third-order valence-electron chi connectivity index (χ3n) is 3.35. The molecular weight excluding hydrogens is 248 g/mol. The zero-order valence-electron chi connectivity index (χ0n) is 14.1. The van der Waals surface area contributed by atoms with Crippen molar-refractivity contribution in [3.63, 3.8) is 0 Å². The maximum absolute atomic E-state index is 4.65. The van der Waals surface area contributed by atoms with Crippen molar-refractivity contribution in [2.24, 2.45) is 5.92 Å². The zero-order chi connectivity index (χ0) is 15.3. The van der Waals surface area contributed by atoms with Gasteiger partial charge in [0.1, 0.15) is 5.82 Å². The standard InChI is InChI=1S/C16H30N4/c1-11(2)17-9-12(3)8-15-13(4)18-16(10-20(6)7)19-14(15)5/h11-12,17H,8-10H2,1-7H3. The summed E-state index contributed by atoms with van der Waals surface area (Å²) in [5.41, 5.74) is 3.57. The Morgan fingerprint density at radius 3 is 2.05 bits per heavy atom. The van der Waals surface area contributed by atoms with E-state index in [-0.39, 0.29) is 0 Å². The van der Waals surface area contributed by atoms with Crippen LogP contribution in [0.15, 0.2) is 0 Å². The van der Waals surface area contributed by atoms with E-state index in [0.29, 0.717) is 12.0 Å². The van der Waals surface area contributed by atoms with Gasteiger partial charge >= 0.3 is 0 Å². The molecule has 1 unspecified atom stereocenters. The lowest BCUT2D eigenvalue weighted by Crippen LogP contribution is -2.29. The van der Waals surface area contributed by atoms with E-state index in [1.807, 2.05) is 14.1 Å². The Balaban J connectivity index is 2.75. The topological polar surface area (TPSA) is 41.1 Å². The summed E-state index contributed by atoms with van der Waals surface area (Å²) in [5.74, 6) is 1.51. The van der Waals surface area contributed by atoms with Crippen molar-refractivity contribution in [1.29, 1.82) is 0 Å². The smallest absolute Gasteiger partial charge is 0.142 e. The van der Waals surface area contributed by atoms with Gasteiger partial charge in [-0.15, -0.1) is 0 Å². The van der Waals surface area contributed by atoms with E-state index in [0.717, 1.165) is 36.7 Å². The second-order valence-corrected chi connectivity index (χ2v) is 6.40. The van der Waals surface area contributed by atoms with Crippen LogP contribution in [0, 0.1) is 19.8 Å². The molecule has 0 amide bonds. The Labute approximate surface area is 124 Å². The molecular formula is C16H30N4. The Hall–Kier alpha value is -1.00. The van der Waals surface area contributed by atoms with E-state index < -0.39 is 0 Å². The van der Waals surface area contributed by atoms with Crippen molar-refractivity contribution >= 4 is 0 Å². The molecule has 4 nitrogen and oxygen atoms in total. The molecule has 4 heteroatoms. The van der Waals surface area contributed by atoms with E-state index in [1.54, 1.807) is 0 Å². The predicted octanol–water partition coefficient (Wildman–Crippen LogP) is 2.33. The first-order valence-corrected chi connectivity index (χ1v) is 7.50. The Morgan fingerprint density at radius 2 is 1.60 bits per heavy atom. The first-order chi connectivity index (χ1) is 9.29. The minimum atomic E-state index is 0.540. The van der Waals surface area contributed by atoms with Crippen LogP contribution in [0.4, 0.5) is 0 Å². The lowest BCUT2D eigenvalue weighted by molar-refractivity contribution is 0.388. The van der Waals surface area contributed by atoms with Crippen molar-refractivity contribution in [2.45, 2.75) is 53.6 Å². The van der Waals surface area contributed by atoms with E-state index in [1.165, 1.54) is 5.56 Å². The fourth-order valence-electron chi connectivity index (χ4n) is 2.32. The summed E-state index contributed by atoms with van der Waals surface area (Å²) >= 11 is 0. The molecule has 1 aromatic heterocycles. The summed E-state index contributed by atoms with van der Waals surface area (Å²) in [5, 5.41) is 3.49. The van der Waals surface area contributed by atoms with E-state index in [9.17, 15) is 0 Å². The first kappa shape index (κ1) is 17.1. The molecule has 0 aliphatic rings. The van der Waals surface area contributed by atoms with Crippen molar-refractivity contribution in [2.75, 3.05) is 20.6 Å². The number of aromatic nitrogens is 2. The van der Waals surface area contributed by atoms with Crippen LogP contribution in [0.1, 0.15) is 43.5 Å². The molecule has 1 rings (SSSR count). The summed E-state index contributed by atoms with van der Waals surface area (Å²) < 4.78 is 0. The minimum absolute atomic E-state index is 0.540. The van der Waals surface area contributed by atoms with E-state index in [4.69, 9.17) is 0 Å². The third-order valence-corrected chi connectivity index (χ3v) is 3.35. The molecule has 0 radical (unpaired) electrons. The number of nitrogens with zero attached hydrogens (tertiary/aromatic N) is 3. The third kappa shape index (κ3) is 5.55. The molecule has 114 valence electrons. The van der Waals surface area contributed by atoms with Crippen LogP contribution in [0.25, 0.3) is 0 Å². The fourth-order valence-corrected chi connectivity index (χ4v) is 2.32. The van der Waals surface area contributed by atoms with E-state index in [2.05, 4.69) is 54.8 Å². The highest BCUT2D eigenvalue weighted by molar-refractivity contribution is 5.25. The fraction of sp³-hybridized carbons (Fsp3) is 0.750. The highest BCUT2D eigenvalue weighted by atomic mass is 15.1. The normalized spacial score (nSPS) is 13.2. The maximum Gasteiger partial charge on any atom is 0.142 e. The van der Waals surface area contributed by atoms with Crippen LogP contribution in [0.3, 0.4) is 0 Å². The summed E-state index contributed by atoms with van der Waals surface area (Å²) in [6, 6.07) is 0.540. The molecule has 1 N–H and O–H groups in total. The van der Waals surface area contributed by atoms with Crippen molar-refractivity contribution in [3.05, 3.63) is 22.8 Å². The number of aryl methyl sites for hydroxylation is 2. The summed E-state index contributed by atoms with van der Waals surface area (Å²) in [6.07, 6.45) is 1.04. The van der Waals surface area contributed by atoms with Crippen molar-refractivity contribution in [1.82, 2.24) is 20.2 Å². The highest BCUT2D eigenvalue weighted by Gasteiger charge is 2.12. The molecule has 0 saturated carbocycles.